The molecular formula is C10H8Br2. The van der Waals surface area contributed by atoms with E-state index in [1.807, 2.05) is 30.4 Å². The van der Waals surface area contributed by atoms with Crippen molar-refractivity contribution in [3.05, 3.63) is 51.4 Å². The van der Waals surface area contributed by atoms with Crippen LogP contribution in [-0.2, 0) is 0 Å². The maximum Gasteiger partial charge on any atom is 0.0389 e. The lowest BCUT2D eigenvalue weighted by Gasteiger charge is -1.99. The first kappa shape index (κ1) is 9.75. The van der Waals surface area contributed by atoms with E-state index in [0.717, 1.165) is 14.5 Å². The molecule has 0 aromatic heterocycles. The summed E-state index contributed by atoms with van der Waals surface area (Å²) in [6.45, 7) is 3.61. The average Bonchev–Trinajstić information content (AvgIpc) is 2.08. The van der Waals surface area contributed by atoms with E-state index >= 15 is 0 Å². The van der Waals surface area contributed by atoms with Gasteiger partial charge in [-0.3, -0.25) is 0 Å². The highest BCUT2D eigenvalue weighted by molar-refractivity contribution is 9.13. The van der Waals surface area contributed by atoms with Gasteiger partial charge < -0.3 is 0 Å². The molecule has 1 rings (SSSR count). The molecule has 1 aromatic carbocycles. The van der Waals surface area contributed by atoms with Crippen molar-refractivity contribution in [3.8, 4) is 0 Å². The van der Waals surface area contributed by atoms with Gasteiger partial charge >= 0.3 is 0 Å². The van der Waals surface area contributed by atoms with Crippen molar-refractivity contribution in [1.82, 2.24) is 0 Å². The first-order valence-electron chi connectivity index (χ1n) is 3.49. The lowest BCUT2D eigenvalue weighted by molar-refractivity contribution is 1.55. The molecule has 0 nitrogen and oxygen atoms in total. The molecule has 0 aliphatic carbocycles. The first-order chi connectivity index (χ1) is 5.75. The zero-order valence-electron chi connectivity index (χ0n) is 6.43. The minimum Gasteiger partial charge on any atom is -0.0991 e. The summed E-state index contributed by atoms with van der Waals surface area (Å²) in [7, 11) is 0. The van der Waals surface area contributed by atoms with Gasteiger partial charge in [0.05, 0.1) is 0 Å². The second-order valence-electron chi connectivity index (χ2n) is 2.24. The number of allylic oxidation sites excluding steroid dienone is 2. The fraction of sp³-hybridized carbons (Fsp3) is 0. The highest BCUT2D eigenvalue weighted by Gasteiger charge is 1.98. The predicted molar refractivity (Wildman–Crippen MR) is 61.1 cm³/mol. The Morgan fingerprint density at radius 2 is 2.00 bits per heavy atom. The Kier molecular flexibility index (Phi) is 3.76. The van der Waals surface area contributed by atoms with E-state index in [-0.39, 0.29) is 0 Å². The average molecular weight is 288 g/mol. The summed E-state index contributed by atoms with van der Waals surface area (Å²) >= 11 is 6.91. The fourth-order valence-electron chi connectivity index (χ4n) is 0.821. The van der Waals surface area contributed by atoms with E-state index in [0.29, 0.717) is 0 Å². The number of halogens is 2. The Hall–Kier alpha value is -0.340. The van der Waals surface area contributed by atoms with Crippen LogP contribution >= 0.6 is 31.9 Å². The molecule has 0 amide bonds. The molecule has 0 aliphatic rings. The van der Waals surface area contributed by atoms with Crippen LogP contribution in [0.4, 0.5) is 0 Å². The highest BCUT2D eigenvalue weighted by Crippen LogP contribution is 2.27. The van der Waals surface area contributed by atoms with Gasteiger partial charge in [-0.15, -0.1) is 0 Å². The molecule has 0 saturated carbocycles. The molecular weight excluding hydrogens is 280 g/mol. The van der Waals surface area contributed by atoms with E-state index in [1.54, 1.807) is 6.08 Å². The van der Waals surface area contributed by atoms with Crippen LogP contribution in [-0.4, -0.2) is 0 Å². The zero-order chi connectivity index (χ0) is 8.97. The number of benzene rings is 1. The van der Waals surface area contributed by atoms with Crippen molar-refractivity contribution in [2.75, 3.05) is 0 Å². The van der Waals surface area contributed by atoms with Crippen molar-refractivity contribution in [2.45, 2.75) is 0 Å². The van der Waals surface area contributed by atoms with Crippen molar-refractivity contribution in [2.24, 2.45) is 0 Å². The van der Waals surface area contributed by atoms with E-state index in [1.165, 1.54) is 0 Å². The summed E-state index contributed by atoms with van der Waals surface area (Å²) in [6.07, 6.45) is 5.67. The minimum absolute atomic E-state index is 1.06. The van der Waals surface area contributed by atoms with Crippen LogP contribution in [0.25, 0.3) is 6.08 Å². The Bertz CT molecular complexity index is 314. The third-order valence-corrected chi connectivity index (χ3v) is 3.47. The van der Waals surface area contributed by atoms with E-state index in [2.05, 4.69) is 38.4 Å². The molecule has 0 N–H and O–H groups in total. The lowest BCUT2D eigenvalue weighted by atomic mass is 10.2. The standard InChI is InChI=1S/C10H8Br2/c1-2-3-5-8-6-4-7-9(11)10(8)12/h2-7H,1H2. The fourth-order valence-corrected chi connectivity index (χ4v) is 1.60. The predicted octanol–water partition coefficient (Wildman–Crippen LogP) is 4.41. The van der Waals surface area contributed by atoms with E-state index in [4.69, 9.17) is 0 Å². The smallest absolute Gasteiger partial charge is 0.0389 e. The lowest BCUT2D eigenvalue weighted by Crippen LogP contribution is -1.75. The van der Waals surface area contributed by atoms with Gasteiger partial charge in [0.1, 0.15) is 0 Å². The van der Waals surface area contributed by atoms with Crippen molar-refractivity contribution in [3.63, 3.8) is 0 Å². The van der Waals surface area contributed by atoms with Crippen LogP contribution in [0.5, 0.6) is 0 Å². The van der Waals surface area contributed by atoms with E-state index < -0.39 is 0 Å². The molecule has 0 aliphatic heterocycles. The maximum absolute atomic E-state index is 3.61. The minimum atomic E-state index is 1.06. The molecule has 0 fully saturated rings. The largest absolute Gasteiger partial charge is 0.0991 e. The van der Waals surface area contributed by atoms with Gasteiger partial charge in [0.2, 0.25) is 0 Å². The summed E-state index contributed by atoms with van der Waals surface area (Å²) in [5.41, 5.74) is 1.14. The van der Waals surface area contributed by atoms with Crippen LogP contribution < -0.4 is 0 Å². The quantitative estimate of drug-likeness (QED) is 0.707. The van der Waals surface area contributed by atoms with Gasteiger partial charge in [0.15, 0.2) is 0 Å². The summed E-state index contributed by atoms with van der Waals surface area (Å²) in [6, 6.07) is 6.03. The molecule has 2 heteroatoms. The second-order valence-corrected chi connectivity index (χ2v) is 3.89. The Labute approximate surface area is 89.2 Å². The normalized spacial score (nSPS) is 10.5. The molecule has 12 heavy (non-hydrogen) atoms. The van der Waals surface area contributed by atoms with Crippen LogP contribution in [0.2, 0.25) is 0 Å². The van der Waals surface area contributed by atoms with Crippen LogP contribution in [0.3, 0.4) is 0 Å². The van der Waals surface area contributed by atoms with Crippen LogP contribution in [0.1, 0.15) is 5.56 Å². The number of rotatable bonds is 2. The van der Waals surface area contributed by atoms with Crippen molar-refractivity contribution in [1.29, 1.82) is 0 Å². The van der Waals surface area contributed by atoms with Gasteiger partial charge in [-0.05, 0) is 43.5 Å². The topological polar surface area (TPSA) is 0 Å². The summed E-state index contributed by atoms with van der Waals surface area (Å²) in [5.74, 6) is 0. The van der Waals surface area contributed by atoms with Gasteiger partial charge in [-0.1, -0.05) is 36.9 Å². The molecule has 0 radical (unpaired) electrons. The van der Waals surface area contributed by atoms with Gasteiger partial charge in [0.25, 0.3) is 0 Å². The van der Waals surface area contributed by atoms with Crippen molar-refractivity contribution >= 4 is 37.9 Å². The summed E-state index contributed by atoms with van der Waals surface area (Å²) in [4.78, 5) is 0. The molecule has 0 heterocycles. The van der Waals surface area contributed by atoms with Gasteiger partial charge in [0, 0.05) is 8.95 Å². The molecule has 0 bridgehead atoms. The number of hydrogen-bond acceptors (Lipinski definition) is 0. The first-order valence-corrected chi connectivity index (χ1v) is 5.07. The maximum atomic E-state index is 3.61. The zero-order valence-corrected chi connectivity index (χ0v) is 9.60. The summed E-state index contributed by atoms with van der Waals surface area (Å²) in [5, 5.41) is 0. The van der Waals surface area contributed by atoms with Crippen LogP contribution in [0, 0.1) is 0 Å². The summed E-state index contributed by atoms with van der Waals surface area (Å²) < 4.78 is 2.14. The Morgan fingerprint density at radius 1 is 1.25 bits per heavy atom. The number of hydrogen-bond donors (Lipinski definition) is 0. The molecule has 0 saturated heterocycles. The van der Waals surface area contributed by atoms with Gasteiger partial charge in [-0.25, -0.2) is 0 Å². The SMILES string of the molecule is C=CC=Cc1cccc(Br)c1Br. The van der Waals surface area contributed by atoms with Gasteiger partial charge in [-0.2, -0.15) is 0 Å². The second kappa shape index (κ2) is 4.63. The third-order valence-electron chi connectivity index (χ3n) is 1.39. The Balaban J connectivity index is 3.07. The molecule has 0 atom stereocenters. The third kappa shape index (κ3) is 2.32. The molecule has 1 aromatic rings. The van der Waals surface area contributed by atoms with Crippen LogP contribution in [0.15, 0.2) is 45.9 Å². The van der Waals surface area contributed by atoms with E-state index in [9.17, 15) is 0 Å². The highest BCUT2D eigenvalue weighted by atomic mass is 79.9. The van der Waals surface area contributed by atoms with Crippen molar-refractivity contribution < 1.29 is 0 Å². The Morgan fingerprint density at radius 3 is 2.67 bits per heavy atom. The monoisotopic (exact) mass is 286 g/mol. The molecule has 62 valence electrons. The molecule has 0 spiro atoms. The molecule has 0 unspecified atom stereocenters.